The number of anilines is 1. The van der Waals surface area contributed by atoms with Gasteiger partial charge < -0.3 is 0 Å². The number of aryl methyl sites for hydroxylation is 3. The van der Waals surface area contributed by atoms with Gasteiger partial charge in [0, 0.05) is 31.2 Å². The molecule has 0 spiro atoms. The van der Waals surface area contributed by atoms with Gasteiger partial charge in [0.1, 0.15) is 5.65 Å². The summed E-state index contributed by atoms with van der Waals surface area (Å²) >= 11 is 1.32. The van der Waals surface area contributed by atoms with E-state index >= 15 is 0 Å². The summed E-state index contributed by atoms with van der Waals surface area (Å²) in [6.45, 7) is 4.06. The third kappa shape index (κ3) is 3.33. The van der Waals surface area contributed by atoms with E-state index in [9.17, 15) is 14.4 Å². The van der Waals surface area contributed by atoms with Gasteiger partial charge >= 0.3 is 5.69 Å². The first-order chi connectivity index (χ1) is 14.3. The molecule has 1 N–H and O–H groups in total. The number of benzene rings is 1. The Hall–Kier alpha value is -3.59. The number of hydrogen-bond donors (Lipinski definition) is 1. The Labute approximate surface area is 175 Å². The van der Waals surface area contributed by atoms with Crippen molar-refractivity contribution < 1.29 is 4.79 Å². The number of carbonyl (C=O) groups excluding carboxylic acids is 1. The molecule has 3 heterocycles. The van der Waals surface area contributed by atoms with Crippen LogP contribution >= 0.6 is 11.3 Å². The number of nitrogens with one attached hydrogen (secondary N) is 1. The molecule has 9 heteroatoms. The van der Waals surface area contributed by atoms with E-state index in [1.807, 2.05) is 31.4 Å². The summed E-state index contributed by atoms with van der Waals surface area (Å²) in [5, 5.41) is 5.29. The maximum Gasteiger partial charge on any atom is 0.332 e. The van der Waals surface area contributed by atoms with Gasteiger partial charge in [-0.25, -0.2) is 14.8 Å². The maximum atomic E-state index is 12.7. The number of rotatable bonds is 3. The zero-order valence-electron chi connectivity index (χ0n) is 16.9. The van der Waals surface area contributed by atoms with Crippen LogP contribution in [0.4, 0.5) is 5.13 Å². The van der Waals surface area contributed by atoms with Crippen molar-refractivity contribution in [1.82, 2.24) is 19.1 Å². The third-order valence-electron chi connectivity index (χ3n) is 4.94. The molecule has 152 valence electrons. The number of amides is 1. The molecule has 0 saturated carbocycles. The summed E-state index contributed by atoms with van der Waals surface area (Å²) in [5.74, 6) is -0.429. The average molecular weight is 421 g/mol. The van der Waals surface area contributed by atoms with Crippen molar-refractivity contribution >= 4 is 33.4 Å². The van der Waals surface area contributed by atoms with Crippen LogP contribution in [0.1, 0.15) is 21.5 Å². The lowest BCUT2D eigenvalue weighted by atomic mass is 10.0. The molecule has 3 aromatic heterocycles. The van der Waals surface area contributed by atoms with Crippen LogP contribution in [0.5, 0.6) is 0 Å². The molecule has 0 atom stereocenters. The fourth-order valence-electron chi connectivity index (χ4n) is 3.31. The number of hydrogen-bond acceptors (Lipinski definition) is 6. The van der Waals surface area contributed by atoms with Crippen molar-refractivity contribution in [1.29, 1.82) is 0 Å². The van der Waals surface area contributed by atoms with E-state index in [-0.39, 0.29) is 16.6 Å². The maximum absolute atomic E-state index is 12.7. The molecule has 0 fully saturated rings. The van der Waals surface area contributed by atoms with E-state index in [2.05, 4.69) is 21.4 Å². The molecular weight excluding hydrogens is 402 g/mol. The lowest BCUT2D eigenvalue weighted by Crippen LogP contribution is -2.37. The Bertz CT molecular complexity index is 1430. The van der Waals surface area contributed by atoms with Crippen LogP contribution in [0.2, 0.25) is 0 Å². The first-order valence-corrected chi connectivity index (χ1v) is 10.0. The Balaban J connectivity index is 1.65. The zero-order valence-corrected chi connectivity index (χ0v) is 17.7. The molecular formula is C21H19N5O3S. The smallest absolute Gasteiger partial charge is 0.298 e. The van der Waals surface area contributed by atoms with E-state index in [0.717, 1.165) is 21.4 Å². The lowest BCUT2D eigenvalue weighted by Gasteiger charge is -2.08. The Morgan fingerprint density at radius 3 is 2.60 bits per heavy atom. The van der Waals surface area contributed by atoms with Crippen molar-refractivity contribution in [2.75, 3.05) is 5.32 Å². The number of aromatic nitrogens is 4. The van der Waals surface area contributed by atoms with Crippen molar-refractivity contribution in [3.05, 3.63) is 73.4 Å². The minimum atomic E-state index is -0.498. The molecule has 1 amide bonds. The Morgan fingerprint density at radius 2 is 1.87 bits per heavy atom. The van der Waals surface area contributed by atoms with Crippen molar-refractivity contribution in [3.63, 3.8) is 0 Å². The summed E-state index contributed by atoms with van der Waals surface area (Å²) in [7, 11) is 2.92. The second-order valence-electron chi connectivity index (χ2n) is 7.11. The molecule has 8 nitrogen and oxygen atoms in total. The molecule has 0 unspecified atom stereocenters. The summed E-state index contributed by atoms with van der Waals surface area (Å²) in [5.41, 5.74) is 3.54. The SMILES string of the molecule is Cc1ccc(-c2csc(NC(=O)c3cnc4c(c3)c(=O)n(C)c(=O)n4C)n2)c(C)c1. The highest BCUT2D eigenvalue weighted by Gasteiger charge is 2.15. The molecule has 0 aliphatic heterocycles. The fourth-order valence-corrected chi connectivity index (χ4v) is 4.02. The fraction of sp³-hybridized carbons (Fsp3) is 0.190. The minimum absolute atomic E-state index is 0.197. The molecule has 4 aromatic rings. The van der Waals surface area contributed by atoms with Crippen LogP contribution in [0, 0.1) is 13.8 Å². The molecule has 1 aromatic carbocycles. The van der Waals surface area contributed by atoms with E-state index in [1.54, 1.807) is 0 Å². The van der Waals surface area contributed by atoms with Gasteiger partial charge in [0.05, 0.1) is 16.6 Å². The topological polar surface area (TPSA) is 98.9 Å². The first kappa shape index (κ1) is 19.7. The van der Waals surface area contributed by atoms with E-state index in [1.165, 1.54) is 47.8 Å². The average Bonchev–Trinajstić information content (AvgIpc) is 3.18. The van der Waals surface area contributed by atoms with Gasteiger partial charge in [0.2, 0.25) is 0 Å². The molecule has 4 rings (SSSR count). The van der Waals surface area contributed by atoms with Gasteiger partial charge in [-0.3, -0.25) is 24.0 Å². The van der Waals surface area contributed by atoms with Crippen LogP contribution in [0.25, 0.3) is 22.3 Å². The van der Waals surface area contributed by atoms with Crippen molar-refractivity contribution in [2.24, 2.45) is 14.1 Å². The number of thiazole rings is 1. The van der Waals surface area contributed by atoms with E-state index < -0.39 is 17.2 Å². The van der Waals surface area contributed by atoms with Gasteiger partial charge in [-0.05, 0) is 25.5 Å². The van der Waals surface area contributed by atoms with Gasteiger partial charge in [-0.2, -0.15) is 0 Å². The van der Waals surface area contributed by atoms with E-state index in [0.29, 0.717) is 5.13 Å². The van der Waals surface area contributed by atoms with Crippen molar-refractivity contribution in [2.45, 2.75) is 13.8 Å². The standard InChI is InChI=1S/C21H19N5O3S/c1-11-5-6-14(12(2)7-11)16-10-30-20(23-16)24-18(27)13-8-15-17(22-9-13)25(3)21(29)26(4)19(15)28/h5-10H,1-4H3,(H,23,24,27). The third-order valence-corrected chi connectivity index (χ3v) is 5.70. The van der Waals surface area contributed by atoms with Gasteiger partial charge in [0.15, 0.2) is 5.13 Å². The Morgan fingerprint density at radius 1 is 1.10 bits per heavy atom. The number of pyridine rings is 1. The monoisotopic (exact) mass is 421 g/mol. The van der Waals surface area contributed by atoms with Crippen LogP contribution in [0.15, 0.2) is 45.4 Å². The lowest BCUT2D eigenvalue weighted by molar-refractivity contribution is 0.102. The molecule has 30 heavy (non-hydrogen) atoms. The summed E-state index contributed by atoms with van der Waals surface area (Å²) < 4.78 is 2.26. The molecule has 0 aliphatic carbocycles. The normalized spacial score (nSPS) is 11.1. The molecule has 0 saturated heterocycles. The minimum Gasteiger partial charge on any atom is -0.298 e. The predicted octanol–water partition coefficient (Wildman–Crippen LogP) is 2.62. The number of nitrogens with zero attached hydrogens (tertiary/aromatic N) is 4. The first-order valence-electron chi connectivity index (χ1n) is 9.16. The quantitative estimate of drug-likeness (QED) is 0.548. The Kier molecular flexibility index (Phi) is 4.83. The summed E-state index contributed by atoms with van der Waals surface area (Å²) in [6.07, 6.45) is 1.34. The highest BCUT2D eigenvalue weighted by Crippen LogP contribution is 2.28. The summed E-state index contributed by atoms with van der Waals surface area (Å²) in [6, 6.07) is 7.56. The van der Waals surface area contributed by atoms with Crippen LogP contribution in [-0.2, 0) is 14.1 Å². The summed E-state index contributed by atoms with van der Waals surface area (Å²) in [4.78, 5) is 45.8. The molecule has 0 aliphatic rings. The number of carbonyl (C=O) groups is 1. The predicted molar refractivity (Wildman–Crippen MR) is 117 cm³/mol. The van der Waals surface area contributed by atoms with Gasteiger partial charge in [-0.1, -0.05) is 23.8 Å². The second-order valence-corrected chi connectivity index (χ2v) is 7.97. The highest BCUT2D eigenvalue weighted by molar-refractivity contribution is 7.14. The molecule has 0 radical (unpaired) electrons. The van der Waals surface area contributed by atoms with Crippen LogP contribution in [0.3, 0.4) is 0 Å². The largest absolute Gasteiger partial charge is 0.332 e. The van der Waals surface area contributed by atoms with E-state index in [4.69, 9.17) is 0 Å². The highest BCUT2D eigenvalue weighted by atomic mass is 32.1. The van der Waals surface area contributed by atoms with Gasteiger partial charge in [-0.15, -0.1) is 11.3 Å². The second kappa shape index (κ2) is 7.34. The van der Waals surface area contributed by atoms with Crippen LogP contribution < -0.4 is 16.6 Å². The van der Waals surface area contributed by atoms with Crippen molar-refractivity contribution in [3.8, 4) is 11.3 Å². The van der Waals surface area contributed by atoms with Gasteiger partial charge in [0.25, 0.3) is 11.5 Å². The molecule has 0 bridgehead atoms. The zero-order chi connectivity index (χ0) is 21.6. The van der Waals surface area contributed by atoms with Crippen LogP contribution in [-0.4, -0.2) is 25.0 Å². The number of fused-ring (bicyclic) bond motifs is 1.